The smallest absolute Gasteiger partial charge is 0.163 e. The van der Waals surface area contributed by atoms with Crippen molar-refractivity contribution in [3.05, 3.63) is 59.9 Å². The van der Waals surface area contributed by atoms with Gasteiger partial charge >= 0.3 is 0 Å². The van der Waals surface area contributed by atoms with E-state index >= 15 is 0 Å². The first-order chi connectivity index (χ1) is 10.8. The van der Waals surface area contributed by atoms with Crippen LogP contribution in [0.5, 0.6) is 0 Å². The highest BCUT2D eigenvalue weighted by Gasteiger charge is 2.34. The molecule has 0 unspecified atom stereocenters. The Morgan fingerprint density at radius 1 is 1.14 bits per heavy atom. The van der Waals surface area contributed by atoms with Crippen LogP contribution in [-0.2, 0) is 10.2 Å². The number of aromatic nitrogens is 1. The van der Waals surface area contributed by atoms with Gasteiger partial charge < -0.3 is 10.1 Å². The van der Waals surface area contributed by atoms with E-state index in [2.05, 4.69) is 40.6 Å². The molecule has 1 aliphatic heterocycles. The Hall–Kier alpha value is -2.38. The summed E-state index contributed by atoms with van der Waals surface area (Å²) in [6.45, 7) is 2.32. The molecule has 2 aromatic rings. The summed E-state index contributed by atoms with van der Waals surface area (Å²) >= 11 is 0. The third-order valence-corrected chi connectivity index (χ3v) is 4.37. The minimum absolute atomic E-state index is 0.0437. The van der Waals surface area contributed by atoms with Gasteiger partial charge in [0.15, 0.2) is 5.69 Å². The van der Waals surface area contributed by atoms with Gasteiger partial charge in [0.2, 0.25) is 0 Å². The van der Waals surface area contributed by atoms with Crippen molar-refractivity contribution >= 4 is 5.69 Å². The van der Waals surface area contributed by atoms with Crippen molar-refractivity contribution in [2.45, 2.75) is 18.3 Å². The van der Waals surface area contributed by atoms with Crippen molar-refractivity contribution in [2.24, 2.45) is 0 Å². The van der Waals surface area contributed by atoms with E-state index in [1.54, 1.807) is 6.20 Å². The van der Waals surface area contributed by atoms with Gasteiger partial charge in [0.1, 0.15) is 6.07 Å². The fourth-order valence-electron chi connectivity index (χ4n) is 3.02. The molecule has 0 atom stereocenters. The fraction of sp³-hybridized carbons (Fsp3) is 0.333. The molecule has 3 rings (SSSR count). The highest BCUT2D eigenvalue weighted by molar-refractivity contribution is 5.53. The Morgan fingerprint density at radius 2 is 1.91 bits per heavy atom. The van der Waals surface area contributed by atoms with E-state index in [9.17, 15) is 0 Å². The second-order valence-corrected chi connectivity index (χ2v) is 5.62. The molecule has 0 bridgehead atoms. The molecule has 4 heteroatoms. The van der Waals surface area contributed by atoms with Crippen LogP contribution in [0.1, 0.15) is 24.1 Å². The first-order valence-corrected chi connectivity index (χ1v) is 7.56. The summed E-state index contributed by atoms with van der Waals surface area (Å²) in [5, 5.41) is 12.6. The molecule has 0 saturated carbocycles. The largest absolute Gasteiger partial charge is 0.382 e. The number of benzene rings is 1. The van der Waals surface area contributed by atoms with Crippen LogP contribution in [0.2, 0.25) is 0 Å². The molecule has 0 aliphatic carbocycles. The Kier molecular flexibility index (Phi) is 4.36. The van der Waals surface area contributed by atoms with Crippen LogP contribution in [0, 0.1) is 11.3 Å². The van der Waals surface area contributed by atoms with Crippen LogP contribution in [0.25, 0.3) is 0 Å². The highest BCUT2D eigenvalue weighted by atomic mass is 16.5. The van der Waals surface area contributed by atoms with Gasteiger partial charge in [-0.2, -0.15) is 5.26 Å². The molecule has 0 radical (unpaired) electrons. The van der Waals surface area contributed by atoms with Crippen molar-refractivity contribution in [1.82, 2.24) is 4.98 Å². The summed E-state index contributed by atoms with van der Waals surface area (Å²) in [6, 6.07) is 16.5. The number of ether oxygens (including phenoxy) is 1. The molecule has 1 N–H and O–H groups in total. The molecule has 1 aromatic heterocycles. The Balaban J connectivity index is 1.84. The summed E-state index contributed by atoms with van der Waals surface area (Å²) in [5.74, 6) is 0. The number of hydrogen-bond donors (Lipinski definition) is 1. The van der Waals surface area contributed by atoms with Crippen LogP contribution in [0.4, 0.5) is 5.69 Å². The normalized spacial score (nSPS) is 16.7. The maximum atomic E-state index is 9.16. The van der Waals surface area contributed by atoms with Crippen LogP contribution >= 0.6 is 0 Å². The quantitative estimate of drug-likeness (QED) is 0.941. The van der Waals surface area contributed by atoms with E-state index < -0.39 is 0 Å². The Labute approximate surface area is 130 Å². The van der Waals surface area contributed by atoms with E-state index in [0.717, 1.165) is 38.3 Å². The molecule has 22 heavy (non-hydrogen) atoms. The number of anilines is 1. The number of nitrogens with one attached hydrogen (secondary N) is 1. The summed E-state index contributed by atoms with van der Waals surface area (Å²) in [5.41, 5.74) is 2.61. The average molecular weight is 293 g/mol. The number of nitrogens with zero attached hydrogens (tertiary/aromatic N) is 2. The zero-order valence-corrected chi connectivity index (χ0v) is 12.5. The van der Waals surface area contributed by atoms with E-state index in [-0.39, 0.29) is 5.41 Å². The molecular weight excluding hydrogens is 274 g/mol. The lowest BCUT2D eigenvalue weighted by Gasteiger charge is -2.38. The SMILES string of the molecule is N#Cc1ncccc1NCC1(c2ccccc2)CCOCC1. The molecular formula is C18H19N3O. The maximum Gasteiger partial charge on any atom is 0.163 e. The summed E-state index contributed by atoms with van der Waals surface area (Å²) in [7, 11) is 0. The van der Waals surface area contributed by atoms with Gasteiger partial charge in [-0.25, -0.2) is 4.98 Å². The molecule has 4 nitrogen and oxygen atoms in total. The van der Waals surface area contributed by atoms with Crippen molar-refractivity contribution in [3.63, 3.8) is 0 Å². The lowest BCUT2D eigenvalue weighted by atomic mass is 9.74. The number of rotatable bonds is 4. The van der Waals surface area contributed by atoms with E-state index in [0.29, 0.717) is 5.69 Å². The topological polar surface area (TPSA) is 57.9 Å². The van der Waals surface area contributed by atoms with Crippen molar-refractivity contribution < 1.29 is 4.74 Å². The molecule has 112 valence electrons. The predicted molar refractivity (Wildman–Crippen MR) is 85.6 cm³/mol. The molecule has 0 amide bonds. The average Bonchev–Trinajstić information content (AvgIpc) is 2.62. The van der Waals surface area contributed by atoms with Crippen LogP contribution < -0.4 is 5.32 Å². The maximum absolute atomic E-state index is 9.16. The van der Waals surface area contributed by atoms with E-state index in [1.165, 1.54) is 5.56 Å². The van der Waals surface area contributed by atoms with Crippen LogP contribution in [-0.4, -0.2) is 24.7 Å². The second-order valence-electron chi connectivity index (χ2n) is 5.62. The van der Waals surface area contributed by atoms with Crippen molar-refractivity contribution in [1.29, 1.82) is 5.26 Å². The zero-order valence-electron chi connectivity index (χ0n) is 12.5. The Bertz CT molecular complexity index is 658. The summed E-state index contributed by atoms with van der Waals surface area (Å²) < 4.78 is 5.55. The molecule has 1 fully saturated rings. The summed E-state index contributed by atoms with van der Waals surface area (Å²) in [4.78, 5) is 4.11. The molecule has 1 saturated heterocycles. The third-order valence-electron chi connectivity index (χ3n) is 4.37. The number of nitriles is 1. The van der Waals surface area contributed by atoms with Crippen LogP contribution in [0.15, 0.2) is 48.7 Å². The van der Waals surface area contributed by atoms with E-state index in [1.807, 2.05) is 18.2 Å². The van der Waals surface area contributed by atoms with Gasteiger partial charge in [0.25, 0.3) is 0 Å². The van der Waals surface area contributed by atoms with Gasteiger partial charge in [-0.05, 0) is 30.5 Å². The minimum Gasteiger partial charge on any atom is -0.382 e. The van der Waals surface area contributed by atoms with Gasteiger partial charge in [-0.1, -0.05) is 30.3 Å². The summed E-state index contributed by atoms with van der Waals surface area (Å²) in [6.07, 6.45) is 3.60. The van der Waals surface area contributed by atoms with Crippen molar-refractivity contribution in [3.8, 4) is 6.07 Å². The van der Waals surface area contributed by atoms with Crippen molar-refractivity contribution in [2.75, 3.05) is 25.1 Å². The first kappa shape index (κ1) is 14.6. The standard InChI is InChI=1S/C18H19N3O/c19-13-17-16(7-4-10-20-17)21-14-18(8-11-22-12-9-18)15-5-2-1-3-6-15/h1-7,10,21H,8-9,11-12,14H2. The second kappa shape index (κ2) is 6.59. The number of hydrogen-bond acceptors (Lipinski definition) is 4. The van der Waals surface area contributed by atoms with Gasteiger partial charge in [-0.15, -0.1) is 0 Å². The highest BCUT2D eigenvalue weighted by Crippen LogP contribution is 2.35. The predicted octanol–water partition coefficient (Wildman–Crippen LogP) is 3.11. The van der Waals surface area contributed by atoms with Gasteiger partial charge in [0, 0.05) is 31.4 Å². The molecule has 1 aromatic carbocycles. The van der Waals surface area contributed by atoms with Gasteiger partial charge in [0.05, 0.1) is 5.69 Å². The third kappa shape index (κ3) is 2.95. The lowest BCUT2D eigenvalue weighted by molar-refractivity contribution is 0.0544. The number of pyridine rings is 1. The molecule has 2 heterocycles. The Morgan fingerprint density at radius 3 is 2.64 bits per heavy atom. The fourth-order valence-corrected chi connectivity index (χ4v) is 3.02. The first-order valence-electron chi connectivity index (χ1n) is 7.56. The van der Waals surface area contributed by atoms with E-state index in [4.69, 9.17) is 10.00 Å². The molecule has 0 spiro atoms. The van der Waals surface area contributed by atoms with Crippen LogP contribution in [0.3, 0.4) is 0 Å². The minimum atomic E-state index is 0.0437. The monoisotopic (exact) mass is 293 g/mol. The lowest BCUT2D eigenvalue weighted by Crippen LogP contribution is -2.40. The zero-order chi connectivity index (χ0) is 15.3. The molecule has 1 aliphatic rings. The van der Waals surface area contributed by atoms with Gasteiger partial charge in [-0.3, -0.25) is 0 Å².